The summed E-state index contributed by atoms with van der Waals surface area (Å²) in [5, 5.41) is 3.26. The van der Waals surface area contributed by atoms with Crippen LogP contribution in [0.1, 0.15) is 36.9 Å². The van der Waals surface area contributed by atoms with Gasteiger partial charge in [0.25, 0.3) is 0 Å². The van der Waals surface area contributed by atoms with Gasteiger partial charge in [-0.05, 0) is 51.3 Å². The molecule has 0 radical (unpaired) electrons. The lowest BCUT2D eigenvalue weighted by atomic mass is 10.0. The minimum atomic E-state index is -3.22. The molecule has 0 amide bonds. The van der Waals surface area contributed by atoms with E-state index >= 15 is 0 Å². The molecule has 1 aliphatic heterocycles. The highest BCUT2D eigenvalue weighted by Gasteiger charge is 2.22. The van der Waals surface area contributed by atoms with E-state index in [1.807, 2.05) is 38.1 Å². The average molecular weight is 296 g/mol. The number of nitrogens with one attached hydrogen (secondary N) is 2. The fourth-order valence-electron chi connectivity index (χ4n) is 2.60. The van der Waals surface area contributed by atoms with Crippen molar-refractivity contribution >= 4 is 10.0 Å². The molecular weight excluding hydrogens is 272 g/mol. The summed E-state index contributed by atoms with van der Waals surface area (Å²) < 4.78 is 27.2. The second-order valence-corrected chi connectivity index (χ2v) is 7.52. The molecule has 1 saturated heterocycles. The van der Waals surface area contributed by atoms with Crippen LogP contribution in [0.3, 0.4) is 0 Å². The molecule has 1 aromatic carbocycles. The number of hydrogen-bond acceptors (Lipinski definition) is 3. The van der Waals surface area contributed by atoms with E-state index < -0.39 is 10.0 Å². The Hall–Kier alpha value is -0.910. The van der Waals surface area contributed by atoms with E-state index in [4.69, 9.17) is 0 Å². The van der Waals surface area contributed by atoms with Crippen LogP contribution < -0.4 is 10.0 Å². The fraction of sp³-hybridized carbons (Fsp3) is 0.600. The van der Waals surface area contributed by atoms with Crippen molar-refractivity contribution in [2.24, 2.45) is 5.92 Å². The van der Waals surface area contributed by atoms with Gasteiger partial charge in [0.15, 0.2) is 0 Å². The maximum atomic E-state index is 12.2. The van der Waals surface area contributed by atoms with E-state index in [2.05, 4.69) is 10.0 Å². The molecule has 5 heteroatoms. The Labute approximate surface area is 122 Å². The zero-order chi connectivity index (χ0) is 14.6. The van der Waals surface area contributed by atoms with Crippen molar-refractivity contribution in [1.82, 2.24) is 10.0 Å². The van der Waals surface area contributed by atoms with Gasteiger partial charge in [-0.25, -0.2) is 13.1 Å². The van der Waals surface area contributed by atoms with Crippen molar-refractivity contribution in [3.05, 3.63) is 35.4 Å². The van der Waals surface area contributed by atoms with Gasteiger partial charge in [-0.3, -0.25) is 0 Å². The average Bonchev–Trinajstić information content (AvgIpc) is 2.39. The summed E-state index contributed by atoms with van der Waals surface area (Å²) in [5.41, 5.74) is 2.18. The molecule has 1 unspecified atom stereocenters. The molecule has 2 N–H and O–H groups in total. The molecule has 0 bridgehead atoms. The molecule has 1 atom stereocenters. The van der Waals surface area contributed by atoms with E-state index in [1.165, 1.54) is 5.56 Å². The molecule has 1 aliphatic rings. The minimum Gasteiger partial charge on any atom is -0.317 e. The summed E-state index contributed by atoms with van der Waals surface area (Å²) in [4.78, 5) is 0. The number of aryl methyl sites for hydroxylation is 1. The lowest BCUT2D eigenvalue weighted by Crippen LogP contribution is -2.36. The van der Waals surface area contributed by atoms with Gasteiger partial charge in [-0.2, -0.15) is 0 Å². The fourth-order valence-corrected chi connectivity index (χ4v) is 4.32. The first-order chi connectivity index (χ1) is 9.46. The van der Waals surface area contributed by atoms with Gasteiger partial charge in [0.1, 0.15) is 0 Å². The highest BCUT2D eigenvalue weighted by Crippen LogP contribution is 2.17. The van der Waals surface area contributed by atoms with Crippen molar-refractivity contribution in [3.63, 3.8) is 0 Å². The molecule has 0 aromatic heterocycles. The number of piperidine rings is 1. The molecule has 2 rings (SSSR count). The smallest absolute Gasteiger partial charge is 0.212 e. The zero-order valence-electron chi connectivity index (χ0n) is 12.2. The third kappa shape index (κ3) is 4.58. The summed E-state index contributed by atoms with van der Waals surface area (Å²) in [6, 6.07) is 7.79. The van der Waals surface area contributed by atoms with Crippen LogP contribution in [-0.2, 0) is 10.0 Å². The Kier molecular flexibility index (Phi) is 5.18. The summed E-state index contributed by atoms with van der Waals surface area (Å²) in [7, 11) is -3.22. The van der Waals surface area contributed by atoms with Crippen LogP contribution in [0.25, 0.3) is 0 Å². The molecule has 1 heterocycles. The maximum Gasteiger partial charge on any atom is 0.212 e. The topological polar surface area (TPSA) is 58.2 Å². The Morgan fingerprint density at radius 2 is 1.85 bits per heavy atom. The van der Waals surface area contributed by atoms with Crippen molar-refractivity contribution < 1.29 is 8.42 Å². The largest absolute Gasteiger partial charge is 0.317 e. The molecule has 4 nitrogen and oxygen atoms in total. The monoisotopic (exact) mass is 296 g/mol. The molecule has 0 saturated carbocycles. The first kappa shape index (κ1) is 15.5. The predicted molar refractivity (Wildman–Crippen MR) is 82.1 cm³/mol. The molecule has 1 aromatic rings. The van der Waals surface area contributed by atoms with Crippen LogP contribution in [0, 0.1) is 12.8 Å². The van der Waals surface area contributed by atoms with Gasteiger partial charge in [0.05, 0.1) is 5.75 Å². The lowest BCUT2D eigenvalue weighted by molar-refractivity contribution is 0.399. The Morgan fingerprint density at radius 1 is 1.25 bits per heavy atom. The highest BCUT2D eigenvalue weighted by molar-refractivity contribution is 7.89. The highest BCUT2D eigenvalue weighted by atomic mass is 32.2. The van der Waals surface area contributed by atoms with Gasteiger partial charge >= 0.3 is 0 Å². The number of rotatable bonds is 5. The summed E-state index contributed by atoms with van der Waals surface area (Å²) in [6.07, 6.45) is 1.89. The third-order valence-corrected chi connectivity index (χ3v) is 5.47. The van der Waals surface area contributed by atoms with Gasteiger partial charge in [0.2, 0.25) is 10.0 Å². The van der Waals surface area contributed by atoms with Crippen LogP contribution in [0.15, 0.2) is 24.3 Å². The quantitative estimate of drug-likeness (QED) is 0.873. The van der Waals surface area contributed by atoms with E-state index in [0.717, 1.165) is 31.5 Å². The van der Waals surface area contributed by atoms with Crippen LogP contribution in [-0.4, -0.2) is 27.3 Å². The van der Waals surface area contributed by atoms with Gasteiger partial charge in [-0.1, -0.05) is 29.8 Å². The van der Waals surface area contributed by atoms with Crippen LogP contribution >= 0.6 is 0 Å². The van der Waals surface area contributed by atoms with Crippen molar-refractivity contribution in [3.8, 4) is 0 Å². The Morgan fingerprint density at radius 3 is 2.45 bits per heavy atom. The van der Waals surface area contributed by atoms with E-state index in [9.17, 15) is 8.42 Å². The number of sulfonamides is 1. The Bertz CT molecular complexity index is 519. The zero-order valence-corrected chi connectivity index (χ0v) is 13.0. The lowest BCUT2D eigenvalue weighted by Gasteiger charge is -2.23. The van der Waals surface area contributed by atoms with Crippen LogP contribution in [0.2, 0.25) is 0 Å². The van der Waals surface area contributed by atoms with Gasteiger partial charge in [-0.15, -0.1) is 0 Å². The standard InChI is InChI=1S/C15H24N2O2S/c1-12-3-5-15(6-4-12)13(2)17-20(18,19)11-14-7-9-16-10-8-14/h3-6,13-14,16-17H,7-11H2,1-2H3. The molecule has 20 heavy (non-hydrogen) atoms. The van der Waals surface area contributed by atoms with Crippen LogP contribution in [0.5, 0.6) is 0 Å². The number of benzene rings is 1. The van der Waals surface area contributed by atoms with E-state index in [-0.39, 0.29) is 17.7 Å². The molecule has 1 fully saturated rings. The third-order valence-electron chi connectivity index (χ3n) is 3.85. The van der Waals surface area contributed by atoms with Crippen molar-refractivity contribution in [1.29, 1.82) is 0 Å². The van der Waals surface area contributed by atoms with Gasteiger partial charge < -0.3 is 5.32 Å². The molecule has 0 spiro atoms. The molecular formula is C15H24N2O2S. The summed E-state index contributed by atoms with van der Waals surface area (Å²) in [6.45, 7) is 5.77. The normalized spacial score (nSPS) is 18.9. The predicted octanol–water partition coefficient (Wildman–Crippen LogP) is 1.98. The van der Waals surface area contributed by atoms with E-state index in [1.54, 1.807) is 0 Å². The summed E-state index contributed by atoms with van der Waals surface area (Å²) in [5.74, 6) is 0.518. The molecule has 0 aliphatic carbocycles. The second-order valence-electron chi connectivity index (χ2n) is 5.73. The van der Waals surface area contributed by atoms with Gasteiger partial charge in [0, 0.05) is 6.04 Å². The SMILES string of the molecule is Cc1ccc(C(C)NS(=O)(=O)CC2CCNCC2)cc1. The van der Waals surface area contributed by atoms with E-state index in [0.29, 0.717) is 0 Å². The number of hydrogen-bond donors (Lipinski definition) is 2. The van der Waals surface area contributed by atoms with Crippen molar-refractivity contribution in [2.75, 3.05) is 18.8 Å². The second kappa shape index (κ2) is 6.70. The first-order valence-corrected chi connectivity index (χ1v) is 8.89. The minimum absolute atomic E-state index is 0.178. The molecule has 112 valence electrons. The van der Waals surface area contributed by atoms with Crippen molar-refractivity contribution in [2.45, 2.75) is 32.7 Å². The Balaban J connectivity index is 1.94. The summed E-state index contributed by atoms with van der Waals surface area (Å²) >= 11 is 0. The van der Waals surface area contributed by atoms with Crippen LogP contribution in [0.4, 0.5) is 0 Å². The maximum absolute atomic E-state index is 12.2. The first-order valence-electron chi connectivity index (χ1n) is 7.23.